The smallest absolute Gasteiger partial charge is 0.131 e. The van der Waals surface area contributed by atoms with E-state index in [-0.39, 0.29) is 5.75 Å². The second-order valence-electron chi connectivity index (χ2n) is 3.96. The molecule has 0 fully saturated rings. The Kier molecular flexibility index (Phi) is 3.66. The van der Waals surface area contributed by atoms with Crippen molar-refractivity contribution < 1.29 is 9.84 Å². The summed E-state index contributed by atoms with van der Waals surface area (Å²) in [5, 5.41) is 9.38. The molecular weight excluding hydrogens is 212 g/mol. The first-order valence-corrected chi connectivity index (χ1v) is 5.84. The van der Waals surface area contributed by atoms with Gasteiger partial charge in [-0.15, -0.1) is 0 Å². The van der Waals surface area contributed by atoms with Crippen molar-refractivity contribution in [3.63, 3.8) is 0 Å². The molecule has 0 aliphatic rings. The first kappa shape index (κ1) is 11.5. The predicted molar refractivity (Wildman–Crippen MR) is 68.6 cm³/mol. The standard InChI is InChI=1S/C15H16O2/c1-2-6-12-7-3-4-10-15(12)17-14-9-5-8-13(16)11-14/h3-5,7-11,16H,2,6H2,1H3. The van der Waals surface area contributed by atoms with E-state index in [0.29, 0.717) is 5.75 Å². The minimum atomic E-state index is 0.218. The number of benzene rings is 2. The Labute approximate surface area is 101 Å². The van der Waals surface area contributed by atoms with Gasteiger partial charge in [-0.3, -0.25) is 0 Å². The number of phenols is 1. The van der Waals surface area contributed by atoms with E-state index < -0.39 is 0 Å². The number of hydrogen-bond acceptors (Lipinski definition) is 2. The molecule has 2 nitrogen and oxygen atoms in total. The van der Waals surface area contributed by atoms with Gasteiger partial charge in [0.15, 0.2) is 0 Å². The molecule has 1 N–H and O–H groups in total. The van der Waals surface area contributed by atoms with Crippen LogP contribution in [0.25, 0.3) is 0 Å². The van der Waals surface area contributed by atoms with Crippen LogP contribution in [0.3, 0.4) is 0 Å². The van der Waals surface area contributed by atoms with Crippen LogP contribution < -0.4 is 4.74 Å². The molecule has 0 aromatic heterocycles. The zero-order chi connectivity index (χ0) is 12.1. The van der Waals surface area contributed by atoms with Crippen LogP contribution in [0.1, 0.15) is 18.9 Å². The van der Waals surface area contributed by atoms with E-state index in [1.54, 1.807) is 18.2 Å². The normalized spacial score (nSPS) is 10.2. The fourth-order valence-corrected chi connectivity index (χ4v) is 1.75. The average molecular weight is 228 g/mol. The summed E-state index contributed by atoms with van der Waals surface area (Å²) in [6.07, 6.45) is 2.08. The van der Waals surface area contributed by atoms with Gasteiger partial charge in [0.1, 0.15) is 17.2 Å². The van der Waals surface area contributed by atoms with Crippen molar-refractivity contribution in [3.8, 4) is 17.2 Å². The van der Waals surface area contributed by atoms with Gasteiger partial charge in [-0.05, 0) is 30.2 Å². The van der Waals surface area contributed by atoms with Gasteiger partial charge in [0.2, 0.25) is 0 Å². The molecule has 0 amide bonds. The molecular formula is C15H16O2. The third-order valence-electron chi connectivity index (χ3n) is 2.54. The zero-order valence-corrected chi connectivity index (χ0v) is 9.89. The van der Waals surface area contributed by atoms with Crippen molar-refractivity contribution in [1.82, 2.24) is 0 Å². The number of aromatic hydroxyl groups is 1. The molecule has 0 spiro atoms. The van der Waals surface area contributed by atoms with E-state index >= 15 is 0 Å². The van der Waals surface area contributed by atoms with Gasteiger partial charge in [-0.1, -0.05) is 37.6 Å². The summed E-state index contributed by atoms with van der Waals surface area (Å²) < 4.78 is 5.78. The van der Waals surface area contributed by atoms with Gasteiger partial charge >= 0.3 is 0 Å². The molecule has 0 aliphatic carbocycles. The van der Waals surface area contributed by atoms with Crippen LogP contribution in [0.5, 0.6) is 17.2 Å². The number of rotatable bonds is 4. The molecule has 0 radical (unpaired) electrons. The van der Waals surface area contributed by atoms with E-state index in [1.165, 1.54) is 5.56 Å². The molecule has 88 valence electrons. The van der Waals surface area contributed by atoms with Crippen LogP contribution in [0.4, 0.5) is 0 Å². The topological polar surface area (TPSA) is 29.5 Å². The Morgan fingerprint density at radius 1 is 1.06 bits per heavy atom. The zero-order valence-electron chi connectivity index (χ0n) is 9.89. The molecule has 0 heterocycles. The highest BCUT2D eigenvalue weighted by atomic mass is 16.5. The SMILES string of the molecule is CCCc1ccccc1Oc1cccc(O)c1. The molecule has 2 heteroatoms. The van der Waals surface area contributed by atoms with Crippen LogP contribution in [0.15, 0.2) is 48.5 Å². The van der Waals surface area contributed by atoms with Crippen molar-refractivity contribution in [2.24, 2.45) is 0 Å². The van der Waals surface area contributed by atoms with Gasteiger partial charge in [-0.25, -0.2) is 0 Å². The maximum atomic E-state index is 9.38. The first-order chi connectivity index (χ1) is 8.29. The largest absolute Gasteiger partial charge is 0.508 e. The number of ether oxygens (including phenoxy) is 1. The Bertz CT molecular complexity index is 492. The van der Waals surface area contributed by atoms with Crippen molar-refractivity contribution >= 4 is 0 Å². The third kappa shape index (κ3) is 3.00. The molecule has 2 aromatic rings. The number of para-hydroxylation sites is 1. The Morgan fingerprint density at radius 2 is 1.88 bits per heavy atom. The highest BCUT2D eigenvalue weighted by Gasteiger charge is 2.03. The lowest BCUT2D eigenvalue weighted by Crippen LogP contribution is -1.91. The minimum absolute atomic E-state index is 0.218. The molecule has 0 unspecified atom stereocenters. The molecule has 17 heavy (non-hydrogen) atoms. The number of hydrogen-bond donors (Lipinski definition) is 1. The summed E-state index contributed by atoms with van der Waals surface area (Å²) in [6.45, 7) is 2.14. The predicted octanol–water partition coefficient (Wildman–Crippen LogP) is 4.14. The summed E-state index contributed by atoms with van der Waals surface area (Å²) in [7, 11) is 0. The van der Waals surface area contributed by atoms with Gasteiger partial charge in [0.25, 0.3) is 0 Å². The monoisotopic (exact) mass is 228 g/mol. The lowest BCUT2D eigenvalue weighted by Gasteiger charge is -2.10. The number of phenolic OH excluding ortho intramolecular Hbond substituents is 1. The molecule has 2 aromatic carbocycles. The summed E-state index contributed by atoms with van der Waals surface area (Å²) in [5.41, 5.74) is 1.19. The van der Waals surface area contributed by atoms with E-state index in [9.17, 15) is 5.11 Å². The van der Waals surface area contributed by atoms with Gasteiger partial charge in [-0.2, -0.15) is 0 Å². The van der Waals surface area contributed by atoms with Crippen LogP contribution >= 0.6 is 0 Å². The average Bonchev–Trinajstić information content (AvgIpc) is 2.32. The second-order valence-corrected chi connectivity index (χ2v) is 3.96. The maximum absolute atomic E-state index is 9.38. The first-order valence-electron chi connectivity index (χ1n) is 5.84. The molecule has 0 saturated carbocycles. The Hall–Kier alpha value is -1.96. The highest BCUT2D eigenvalue weighted by molar-refractivity contribution is 5.40. The van der Waals surface area contributed by atoms with E-state index in [2.05, 4.69) is 13.0 Å². The summed E-state index contributed by atoms with van der Waals surface area (Å²) in [6, 6.07) is 14.8. The van der Waals surface area contributed by atoms with E-state index in [1.807, 2.05) is 24.3 Å². The van der Waals surface area contributed by atoms with Gasteiger partial charge in [0, 0.05) is 6.07 Å². The van der Waals surface area contributed by atoms with Crippen molar-refractivity contribution in [3.05, 3.63) is 54.1 Å². The van der Waals surface area contributed by atoms with E-state index in [0.717, 1.165) is 18.6 Å². The Morgan fingerprint density at radius 3 is 2.65 bits per heavy atom. The Balaban J connectivity index is 2.23. The van der Waals surface area contributed by atoms with E-state index in [4.69, 9.17) is 4.74 Å². The third-order valence-corrected chi connectivity index (χ3v) is 2.54. The molecule has 0 saturated heterocycles. The molecule has 0 bridgehead atoms. The number of aryl methyl sites for hydroxylation is 1. The van der Waals surface area contributed by atoms with Crippen LogP contribution in [-0.2, 0) is 6.42 Å². The quantitative estimate of drug-likeness (QED) is 0.852. The lowest BCUT2D eigenvalue weighted by atomic mass is 10.1. The molecule has 0 aliphatic heterocycles. The van der Waals surface area contributed by atoms with Gasteiger partial charge in [0.05, 0.1) is 0 Å². The van der Waals surface area contributed by atoms with Crippen LogP contribution in [-0.4, -0.2) is 5.11 Å². The van der Waals surface area contributed by atoms with Gasteiger partial charge < -0.3 is 9.84 Å². The molecule has 0 atom stereocenters. The second kappa shape index (κ2) is 5.39. The highest BCUT2D eigenvalue weighted by Crippen LogP contribution is 2.27. The minimum Gasteiger partial charge on any atom is -0.508 e. The maximum Gasteiger partial charge on any atom is 0.131 e. The lowest BCUT2D eigenvalue weighted by molar-refractivity contribution is 0.452. The van der Waals surface area contributed by atoms with Crippen LogP contribution in [0.2, 0.25) is 0 Å². The summed E-state index contributed by atoms with van der Waals surface area (Å²) in [5.74, 6) is 1.74. The van der Waals surface area contributed by atoms with Crippen LogP contribution in [0, 0.1) is 0 Å². The summed E-state index contributed by atoms with van der Waals surface area (Å²) >= 11 is 0. The fraction of sp³-hybridized carbons (Fsp3) is 0.200. The summed E-state index contributed by atoms with van der Waals surface area (Å²) in [4.78, 5) is 0. The van der Waals surface area contributed by atoms with Crippen molar-refractivity contribution in [1.29, 1.82) is 0 Å². The molecule has 2 rings (SSSR count). The fourth-order valence-electron chi connectivity index (χ4n) is 1.75. The van der Waals surface area contributed by atoms with Crippen molar-refractivity contribution in [2.45, 2.75) is 19.8 Å². The van der Waals surface area contributed by atoms with Crippen molar-refractivity contribution in [2.75, 3.05) is 0 Å².